The highest BCUT2D eigenvalue weighted by Gasteiger charge is 2.56. The van der Waals surface area contributed by atoms with E-state index < -0.39 is 29.2 Å². The van der Waals surface area contributed by atoms with E-state index >= 15 is 4.39 Å². The van der Waals surface area contributed by atoms with Crippen LogP contribution in [0.3, 0.4) is 0 Å². The summed E-state index contributed by atoms with van der Waals surface area (Å²) in [6, 6.07) is 9.60. The molecule has 0 radical (unpaired) electrons. The van der Waals surface area contributed by atoms with Gasteiger partial charge in [-0.15, -0.1) is 0 Å². The minimum absolute atomic E-state index is 0.0241. The number of carbonyl (C=O) groups is 2. The zero-order chi connectivity index (χ0) is 30.5. The molecular weight excluding hydrogens is 594 g/mol. The number of carbonyl (C=O) groups excluding carboxylic acids is 2. The Balaban J connectivity index is 1.53. The first kappa shape index (κ1) is 30.1. The lowest BCUT2D eigenvalue weighted by molar-refractivity contribution is -0.149. The molecule has 8 nitrogen and oxygen atoms in total. The van der Waals surface area contributed by atoms with Crippen molar-refractivity contribution < 1.29 is 23.8 Å². The van der Waals surface area contributed by atoms with Crippen LogP contribution in [0, 0.1) is 11.7 Å². The SMILES string of the molecule is CN1CCC([C@](C)(O)c2cc(F)c3c(c2)C(=O)N(Cc2ncc(Cl)cn2)[C@@]3(O[C@H]2CCC(=O)C2)c2ccc(Cl)cc2)CC1. The molecule has 3 aromatic rings. The van der Waals surface area contributed by atoms with Crippen LogP contribution in [-0.4, -0.2) is 62.8 Å². The number of hydrogen-bond donors (Lipinski definition) is 1. The second-order valence-electron chi connectivity index (χ2n) is 12.0. The van der Waals surface area contributed by atoms with E-state index in [4.69, 9.17) is 27.9 Å². The molecule has 1 amide bonds. The van der Waals surface area contributed by atoms with Crippen molar-refractivity contribution in [3.8, 4) is 0 Å². The average Bonchev–Trinajstić information content (AvgIpc) is 3.49. The lowest BCUT2D eigenvalue weighted by Crippen LogP contribution is -2.48. The number of ether oxygens (including phenoxy) is 1. The molecule has 1 saturated heterocycles. The molecule has 1 aliphatic carbocycles. The Morgan fingerprint density at radius 3 is 2.37 bits per heavy atom. The number of halogens is 3. The van der Waals surface area contributed by atoms with Crippen molar-refractivity contribution in [1.29, 1.82) is 0 Å². The first-order valence-corrected chi connectivity index (χ1v) is 15.2. The van der Waals surface area contributed by atoms with E-state index in [-0.39, 0.29) is 41.6 Å². The molecule has 11 heteroatoms. The Kier molecular flexibility index (Phi) is 8.06. The summed E-state index contributed by atoms with van der Waals surface area (Å²) in [6.45, 7) is 3.19. The van der Waals surface area contributed by atoms with Crippen molar-refractivity contribution in [2.75, 3.05) is 20.1 Å². The number of rotatable bonds is 7. The molecule has 6 rings (SSSR count). The largest absolute Gasteiger partial charge is 0.385 e. The van der Waals surface area contributed by atoms with Crippen LogP contribution < -0.4 is 0 Å². The van der Waals surface area contributed by atoms with E-state index in [2.05, 4.69) is 14.9 Å². The maximum atomic E-state index is 16.7. The molecule has 3 heterocycles. The summed E-state index contributed by atoms with van der Waals surface area (Å²) in [5, 5.41) is 12.6. The van der Waals surface area contributed by atoms with Gasteiger partial charge in [0.1, 0.15) is 17.4 Å². The van der Waals surface area contributed by atoms with E-state index in [1.165, 1.54) is 23.4 Å². The molecule has 3 aliphatic rings. The van der Waals surface area contributed by atoms with Crippen molar-refractivity contribution in [2.24, 2.45) is 5.92 Å². The lowest BCUT2D eigenvalue weighted by Gasteiger charge is -2.41. The van der Waals surface area contributed by atoms with Crippen LogP contribution in [0.15, 0.2) is 48.8 Å². The fraction of sp³-hybridized carbons (Fsp3) is 0.438. The smallest absolute Gasteiger partial charge is 0.257 e. The number of likely N-dealkylation sites (tertiary alicyclic amines) is 1. The van der Waals surface area contributed by atoms with Gasteiger partial charge in [-0.1, -0.05) is 35.3 Å². The molecular formula is C32H33Cl2FN4O4. The van der Waals surface area contributed by atoms with Crippen molar-refractivity contribution in [3.05, 3.63) is 92.7 Å². The summed E-state index contributed by atoms with van der Waals surface area (Å²) in [5.74, 6) is -0.995. The van der Waals surface area contributed by atoms with Crippen LogP contribution in [0.4, 0.5) is 4.39 Å². The van der Waals surface area contributed by atoms with Gasteiger partial charge >= 0.3 is 0 Å². The maximum absolute atomic E-state index is 16.7. The molecule has 0 spiro atoms. The van der Waals surface area contributed by atoms with Crippen LogP contribution >= 0.6 is 23.2 Å². The van der Waals surface area contributed by atoms with Crippen molar-refractivity contribution in [2.45, 2.75) is 63.0 Å². The van der Waals surface area contributed by atoms with Crippen LogP contribution in [0.25, 0.3) is 0 Å². The number of piperidine rings is 1. The first-order chi connectivity index (χ1) is 20.5. The summed E-state index contributed by atoms with van der Waals surface area (Å²) in [4.78, 5) is 38.9. The van der Waals surface area contributed by atoms with E-state index in [1.54, 1.807) is 37.3 Å². The number of fused-ring (bicyclic) bond motifs is 1. The average molecular weight is 628 g/mol. The number of benzene rings is 2. The number of ketones is 1. The number of aromatic nitrogens is 2. The second-order valence-corrected chi connectivity index (χ2v) is 12.9. The van der Waals surface area contributed by atoms with Gasteiger partial charge in [0.25, 0.3) is 5.91 Å². The number of amides is 1. The Morgan fingerprint density at radius 2 is 1.74 bits per heavy atom. The lowest BCUT2D eigenvalue weighted by atomic mass is 9.76. The molecule has 43 heavy (non-hydrogen) atoms. The molecule has 2 aliphatic heterocycles. The van der Waals surface area contributed by atoms with E-state index in [9.17, 15) is 14.7 Å². The van der Waals surface area contributed by atoms with Crippen LogP contribution in [0.2, 0.25) is 10.0 Å². The summed E-state index contributed by atoms with van der Waals surface area (Å²) in [5.41, 5.74) is -2.22. The van der Waals surface area contributed by atoms with Gasteiger partial charge in [-0.25, -0.2) is 14.4 Å². The zero-order valence-electron chi connectivity index (χ0n) is 24.0. The van der Waals surface area contributed by atoms with Crippen molar-refractivity contribution in [1.82, 2.24) is 19.8 Å². The number of nitrogens with zero attached hydrogens (tertiary/aromatic N) is 4. The fourth-order valence-electron chi connectivity index (χ4n) is 6.68. The highest BCUT2D eigenvalue weighted by Crippen LogP contribution is 2.50. The highest BCUT2D eigenvalue weighted by atomic mass is 35.5. The van der Waals surface area contributed by atoms with Crippen LogP contribution in [-0.2, 0) is 27.4 Å². The molecule has 3 atom stereocenters. The van der Waals surface area contributed by atoms with E-state index in [0.29, 0.717) is 34.0 Å². The molecule has 1 N–H and O–H groups in total. The van der Waals surface area contributed by atoms with Crippen LogP contribution in [0.5, 0.6) is 0 Å². The Hall–Kier alpha value is -2.95. The summed E-state index contributed by atoms with van der Waals surface area (Å²) in [6.07, 6.45) is 4.70. The second kappa shape index (κ2) is 11.5. The maximum Gasteiger partial charge on any atom is 0.257 e. The molecule has 226 valence electrons. The van der Waals surface area contributed by atoms with Crippen LogP contribution in [0.1, 0.15) is 71.9 Å². The number of Topliss-reactive ketones (excluding diaryl/α,β-unsaturated/α-hetero) is 1. The predicted octanol–water partition coefficient (Wildman–Crippen LogP) is 5.47. The quantitative estimate of drug-likeness (QED) is 0.372. The van der Waals surface area contributed by atoms with E-state index in [0.717, 1.165) is 25.9 Å². The van der Waals surface area contributed by atoms with Gasteiger partial charge < -0.3 is 14.7 Å². The monoisotopic (exact) mass is 626 g/mol. The topological polar surface area (TPSA) is 95.9 Å². The van der Waals surface area contributed by atoms with Gasteiger partial charge in [-0.2, -0.15) is 0 Å². The van der Waals surface area contributed by atoms with Gasteiger partial charge in [-0.05, 0) is 82.1 Å². The Bertz CT molecular complexity index is 1540. The summed E-state index contributed by atoms with van der Waals surface area (Å²) in [7, 11) is 2.03. The molecule has 0 unspecified atom stereocenters. The Morgan fingerprint density at radius 1 is 1.07 bits per heavy atom. The standard InChI is InChI=1S/C32H33Cl2FN4O4/c1-31(42,19-9-11-38(2)12-10-19)21-13-26-29(27(35)14-21)32(20-3-5-22(33)6-4-20,43-25-8-7-24(40)15-25)39(30(26)41)18-28-36-16-23(34)17-37-28/h3-6,13-14,16-17,19,25,42H,7-12,15,18H2,1-2H3/t25-,31-,32+/m0/s1. The molecule has 0 bridgehead atoms. The number of aliphatic hydroxyl groups is 1. The van der Waals surface area contributed by atoms with Gasteiger partial charge in [0.2, 0.25) is 5.72 Å². The molecule has 1 saturated carbocycles. The molecule has 1 aromatic heterocycles. The normalized spacial score (nSPS) is 24.4. The first-order valence-electron chi connectivity index (χ1n) is 14.5. The van der Waals surface area contributed by atoms with Crippen molar-refractivity contribution >= 4 is 34.9 Å². The molecule has 2 aromatic carbocycles. The van der Waals surface area contributed by atoms with Gasteiger partial charge in [0.15, 0.2) is 0 Å². The third kappa shape index (κ3) is 5.46. The van der Waals surface area contributed by atoms with Gasteiger partial charge in [0, 0.05) is 35.8 Å². The summed E-state index contributed by atoms with van der Waals surface area (Å²) < 4.78 is 23.5. The van der Waals surface area contributed by atoms with Crippen molar-refractivity contribution in [3.63, 3.8) is 0 Å². The zero-order valence-corrected chi connectivity index (χ0v) is 25.5. The molecule has 2 fully saturated rings. The number of hydrogen-bond acceptors (Lipinski definition) is 7. The summed E-state index contributed by atoms with van der Waals surface area (Å²) >= 11 is 12.3. The minimum Gasteiger partial charge on any atom is -0.385 e. The van der Waals surface area contributed by atoms with E-state index in [1.807, 2.05) is 7.05 Å². The third-order valence-corrected chi connectivity index (χ3v) is 9.58. The van der Waals surface area contributed by atoms with Gasteiger partial charge in [-0.3, -0.25) is 14.5 Å². The van der Waals surface area contributed by atoms with Gasteiger partial charge in [0.05, 0.1) is 34.4 Å². The minimum atomic E-state index is -1.75. The third-order valence-electron chi connectivity index (χ3n) is 9.13. The highest BCUT2D eigenvalue weighted by molar-refractivity contribution is 6.30. The fourth-order valence-corrected chi connectivity index (χ4v) is 6.90. The predicted molar refractivity (Wildman–Crippen MR) is 159 cm³/mol. The Labute approximate surface area is 259 Å².